The Kier molecular flexibility index (Phi) is 7.57. The fraction of sp³-hybridized carbons (Fsp3) is 0.400. The molecule has 8 heteroatoms. The monoisotopic (exact) mass is 412 g/mol. The molecule has 0 atom stereocenters. The first-order valence-electron chi connectivity index (χ1n) is 7.01. The van der Waals surface area contributed by atoms with E-state index in [1.54, 1.807) is 31.2 Å². The summed E-state index contributed by atoms with van der Waals surface area (Å²) >= 11 is 8.95. The van der Waals surface area contributed by atoms with Gasteiger partial charge in [-0.25, -0.2) is 4.98 Å². The number of nitrogens with zero attached hydrogens (tertiary/aromatic N) is 2. The zero-order valence-corrected chi connectivity index (χ0v) is 15.3. The Bertz CT molecular complexity index is 627. The Morgan fingerprint density at radius 3 is 2.26 bits per heavy atom. The van der Waals surface area contributed by atoms with Crippen LogP contribution in [0.5, 0.6) is 0 Å². The number of hydrogen-bond acceptors (Lipinski definition) is 2. The van der Waals surface area contributed by atoms with Crippen molar-refractivity contribution in [1.82, 2.24) is 9.55 Å². The van der Waals surface area contributed by atoms with Crippen molar-refractivity contribution < 1.29 is 17.9 Å². The molecule has 3 nitrogen and oxygen atoms in total. The van der Waals surface area contributed by atoms with E-state index in [-0.39, 0.29) is 17.0 Å². The Balaban J connectivity index is 0.00000127. The predicted molar refractivity (Wildman–Crippen MR) is 88.3 cm³/mol. The normalized spacial score (nSPS) is 11.1. The molecule has 1 aromatic heterocycles. The second-order valence-electron chi connectivity index (χ2n) is 4.13. The molecule has 0 unspecified atom stereocenters. The van der Waals surface area contributed by atoms with Gasteiger partial charge in [-0.2, -0.15) is 13.2 Å². The van der Waals surface area contributed by atoms with E-state index in [1.807, 2.05) is 13.8 Å². The summed E-state index contributed by atoms with van der Waals surface area (Å²) in [6.45, 7) is 5.78. The number of imidazole rings is 1. The smallest absolute Gasteiger partial charge is 0.361 e. The first kappa shape index (κ1) is 20.0. The molecule has 0 radical (unpaired) electrons. The molecule has 0 fully saturated rings. The lowest BCUT2D eigenvalue weighted by molar-refractivity contribution is -0.149. The van der Waals surface area contributed by atoms with Crippen LogP contribution in [-0.4, -0.2) is 16.2 Å². The lowest BCUT2D eigenvalue weighted by atomic mass is 10.2. The third-order valence-electron chi connectivity index (χ3n) is 2.70. The van der Waals surface area contributed by atoms with Crippen LogP contribution in [0.1, 0.15) is 26.6 Å². The molecule has 1 aromatic carbocycles. The SMILES string of the molecule is CC.CCOCn1c(C(F)(F)F)nc(-c2ccc(Cl)cc2)c1Br. The molecule has 0 amide bonds. The Labute approximate surface area is 146 Å². The molecule has 0 aliphatic rings. The van der Waals surface area contributed by atoms with Crippen molar-refractivity contribution in [2.45, 2.75) is 33.7 Å². The third kappa shape index (κ3) is 4.96. The quantitative estimate of drug-likeness (QED) is 0.614. The van der Waals surface area contributed by atoms with Gasteiger partial charge in [0.25, 0.3) is 0 Å². The average molecular weight is 414 g/mol. The molecular formula is C15H17BrClF3N2O. The zero-order chi connectivity index (χ0) is 17.6. The second kappa shape index (κ2) is 8.70. The predicted octanol–water partition coefficient (Wildman–Crippen LogP) is 6.01. The van der Waals surface area contributed by atoms with E-state index in [1.165, 1.54) is 0 Å². The third-order valence-corrected chi connectivity index (χ3v) is 3.76. The van der Waals surface area contributed by atoms with Gasteiger partial charge < -0.3 is 4.74 Å². The van der Waals surface area contributed by atoms with Crippen LogP contribution in [0.4, 0.5) is 13.2 Å². The molecule has 0 N–H and O–H groups in total. The van der Waals surface area contributed by atoms with E-state index in [0.717, 1.165) is 4.57 Å². The second-order valence-corrected chi connectivity index (χ2v) is 5.32. The van der Waals surface area contributed by atoms with Gasteiger partial charge in [-0.05, 0) is 35.0 Å². The van der Waals surface area contributed by atoms with E-state index in [4.69, 9.17) is 16.3 Å². The van der Waals surface area contributed by atoms with Crippen LogP contribution in [0.2, 0.25) is 5.02 Å². The first-order chi connectivity index (χ1) is 10.8. The molecule has 1 heterocycles. The van der Waals surface area contributed by atoms with Gasteiger partial charge in [-0.1, -0.05) is 37.6 Å². The molecule has 0 spiro atoms. The van der Waals surface area contributed by atoms with Crippen LogP contribution in [0.3, 0.4) is 0 Å². The Morgan fingerprint density at radius 2 is 1.78 bits per heavy atom. The molecule has 0 saturated carbocycles. The summed E-state index contributed by atoms with van der Waals surface area (Å²) in [5.74, 6) is -1.01. The number of alkyl halides is 3. The molecule has 0 saturated heterocycles. The number of rotatable bonds is 4. The highest BCUT2D eigenvalue weighted by Gasteiger charge is 2.38. The van der Waals surface area contributed by atoms with E-state index in [9.17, 15) is 13.2 Å². The maximum Gasteiger partial charge on any atom is 0.449 e. The van der Waals surface area contributed by atoms with Gasteiger partial charge in [-0.3, -0.25) is 4.57 Å². The van der Waals surface area contributed by atoms with Crippen LogP contribution in [0.15, 0.2) is 28.9 Å². The molecule has 23 heavy (non-hydrogen) atoms. The molecule has 0 aliphatic carbocycles. The fourth-order valence-corrected chi connectivity index (χ4v) is 2.46. The minimum Gasteiger partial charge on any atom is -0.361 e. The summed E-state index contributed by atoms with van der Waals surface area (Å²) < 4.78 is 45.4. The number of aromatic nitrogens is 2. The molecular weight excluding hydrogens is 397 g/mol. The van der Waals surface area contributed by atoms with Crippen LogP contribution in [-0.2, 0) is 17.6 Å². The Hall–Kier alpha value is -1.05. The summed E-state index contributed by atoms with van der Waals surface area (Å²) in [5.41, 5.74) is 0.728. The van der Waals surface area contributed by atoms with Crippen molar-refractivity contribution in [3.8, 4) is 11.3 Å². The van der Waals surface area contributed by atoms with Crippen molar-refractivity contribution >= 4 is 27.5 Å². The molecule has 0 bridgehead atoms. The lowest BCUT2D eigenvalue weighted by Crippen LogP contribution is -2.16. The first-order valence-corrected chi connectivity index (χ1v) is 8.18. The molecule has 2 rings (SSSR count). The Morgan fingerprint density at radius 1 is 1.22 bits per heavy atom. The van der Waals surface area contributed by atoms with E-state index < -0.39 is 12.0 Å². The van der Waals surface area contributed by atoms with Crippen LogP contribution >= 0.6 is 27.5 Å². The van der Waals surface area contributed by atoms with Gasteiger partial charge in [0.15, 0.2) is 0 Å². The molecule has 128 valence electrons. The summed E-state index contributed by atoms with van der Waals surface area (Å²) in [6.07, 6.45) is -4.57. The van der Waals surface area contributed by atoms with Crippen LogP contribution in [0.25, 0.3) is 11.3 Å². The van der Waals surface area contributed by atoms with Crippen LogP contribution < -0.4 is 0 Å². The maximum atomic E-state index is 13.1. The highest BCUT2D eigenvalue weighted by molar-refractivity contribution is 9.10. The molecule has 0 aliphatic heterocycles. The lowest BCUT2D eigenvalue weighted by Gasteiger charge is -2.10. The van der Waals surface area contributed by atoms with Crippen molar-refractivity contribution in [2.75, 3.05) is 6.61 Å². The van der Waals surface area contributed by atoms with Crippen molar-refractivity contribution in [1.29, 1.82) is 0 Å². The highest BCUT2D eigenvalue weighted by Crippen LogP contribution is 2.36. The number of benzene rings is 1. The van der Waals surface area contributed by atoms with Crippen molar-refractivity contribution in [2.24, 2.45) is 0 Å². The number of halogens is 5. The molecule has 2 aromatic rings. The van der Waals surface area contributed by atoms with E-state index in [0.29, 0.717) is 17.2 Å². The van der Waals surface area contributed by atoms with Gasteiger partial charge in [-0.15, -0.1) is 0 Å². The maximum absolute atomic E-state index is 13.1. The van der Waals surface area contributed by atoms with Gasteiger partial charge in [0.05, 0.1) is 0 Å². The minimum atomic E-state index is -4.57. The minimum absolute atomic E-state index is 0.193. The van der Waals surface area contributed by atoms with Crippen molar-refractivity contribution in [3.63, 3.8) is 0 Å². The number of ether oxygens (including phenoxy) is 1. The van der Waals surface area contributed by atoms with Gasteiger partial charge >= 0.3 is 6.18 Å². The van der Waals surface area contributed by atoms with Gasteiger partial charge in [0.1, 0.15) is 17.0 Å². The van der Waals surface area contributed by atoms with E-state index >= 15 is 0 Å². The summed E-state index contributed by atoms with van der Waals surface area (Å²) in [7, 11) is 0. The van der Waals surface area contributed by atoms with Crippen LogP contribution in [0, 0.1) is 0 Å². The summed E-state index contributed by atoms with van der Waals surface area (Å²) in [6, 6.07) is 6.41. The fourth-order valence-electron chi connectivity index (χ4n) is 1.74. The summed E-state index contributed by atoms with van der Waals surface area (Å²) in [5, 5.41) is 0.500. The van der Waals surface area contributed by atoms with E-state index in [2.05, 4.69) is 20.9 Å². The average Bonchev–Trinajstić information content (AvgIpc) is 2.85. The topological polar surface area (TPSA) is 27.1 Å². The largest absolute Gasteiger partial charge is 0.449 e. The summed E-state index contributed by atoms with van der Waals surface area (Å²) in [4.78, 5) is 3.70. The standard InChI is InChI=1S/C13H11BrClF3N2O.C2H6/c1-2-21-7-20-11(14)10(19-12(20)13(16,17)18)8-3-5-9(15)6-4-8;1-2/h3-6H,2,7H2,1H3;1-2H3. The highest BCUT2D eigenvalue weighted by atomic mass is 79.9. The number of hydrogen-bond donors (Lipinski definition) is 0. The van der Waals surface area contributed by atoms with Crippen molar-refractivity contribution in [3.05, 3.63) is 39.7 Å². The van der Waals surface area contributed by atoms with Gasteiger partial charge in [0.2, 0.25) is 5.82 Å². The zero-order valence-electron chi connectivity index (χ0n) is 12.9. The van der Waals surface area contributed by atoms with Gasteiger partial charge in [0, 0.05) is 17.2 Å².